The van der Waals surface area contributed by atoms with Crippen molar-refractivity contribution in [2.24, 2.45) is 0 Å². The van der Waals surface area contributed by atoms with E-state index < -0.39 is 0 Å². The van der Waals surface area contributed by atoms with Crippen LogP contribution in [0.1, 0.15) is 78.8 Å². The predicted molar refractivity (Wildman–Crippen MR) is 547 cm³/mol. The molecule has 0 aliphatic heterocycles. The third-order valence-corrected chi connectivity index (χ3v) is 18.8. The topological polar surface area (TPSA) is 566 Å². The minimum atomic E-state index is -0.375. The van der Waals surface area contributed by atoms with Gasteiger partial charge in [-0.2, -0.15) is 89.7 Å². The number of ether oxygens (including phenoxy) is 4. The number of para-hydroxylation sites is 5. The van der Waals surface area contributed by atoms with Crippen molar-refractivity contribution in [2.75, 3.05) is 130 Å². The maximum absolute atomic E-state index is 12.4. The molecule has 722 valence electrons. The van der Waals surface area contributed by atoms with Crippen LogP contribution < -0.4 is 99.1 Å². The lowest BCUT2D eigenvalue weighted by atomic mass is 10.1. The largest absolute Gasteiger partial charge is 0.497 e. The van der Waals surface area contributed by atoms with E-state index in [1.54, 1.807) is 137 Å². The van der Waals surface area contributed by atoms with Crippen LogP contribution in [0.3, 0.4) is 0 Å². The Morgan fingerprint density at radius 3 is 0.699 bits per heavy atom. The van der Waals surface area contributed by atoms with Crippen molar-refractivity contribution in [3.63, 3.8) is 0 Å². The van der Waals surface area contributed by atoms with E-state index in [-0.39, 0.29) is 107 Å². The third kappa shape index (κ3) is 33.0. The molecule has 0 saturated heterocycles. The number of rotatable bonds is 29. The number of nitrogens with one attached hydrogen (secondary N) is 14. The molecule has 43 nitrogen and oxygen atoms in total. The summed E-state index contributed by atoms with van der Waals surface area (Å²) >= 11 is 0. The number of nitrogen functional groups attached to an aromatic ring is 1. The molecule has 0 aliphatic carbocycles. The minimum absolute atomic E-state index is 0.0233. The fourth-order valence-corrected chi connectivity index (χ4v) is 11.9. The molecule has 6 aromatic heterocycles. The Labute approximate surface area is 820 Å². The molecule has 0 fully saturated rings. The van der Waals surface area contributed by atoms with Crippen LogP contribution in [0.2, 0.25) is 0 Å². The van der Waals surface area contributed by atoms with Crippen molar-refractivity contribution in [1.82, 2.24) is 89.7 Å². The van der Waals surface area contributed by atoms with Gasteiger partial charge in [0.15, 0.2) is 0 Å². The van der Waals surface area contributed by atoms with E-state index >= 15 is 0 Å². The van der Waals surface area contributed by atoms with Gasteiger partial charge in [-0.15, -0.1) is 0 Å². The van der Waals surface area contributed by atoms with Crippen molar-refractivity contribution in [3.8, 4) is 23.8 Å². The van der Waals surface area contributed by atoms with Crippen molar-refractivity contribution in [1.29, 1.82) is 0 Å². The number of anilines is 20. The van der Waals surface area contributed by atoms with E-state index in [1.807, 2.05) is 221 Å². The number of carbonyl (C=O) groups is 6. The Morgan fingerprint density at radius 2 is 0.427 bits per heavy atom. The lowest BCUT2D eigenvalue weighted by Gasteiger charge is -2.09. The van der Waals surface area contributed by atoms with E-state index in [0.29, 0.717) is 74.8 Å². The van der Waals surface area contributed by atoms with Gasteiger partial charge in [0, 0.05) is 83.0 Å². The highest BCUT2D eigenvalue weighted by molar-refractivity contribution is 6.07. The molecule has 17 aromatic rings. The molecule has 6 heterocycles. The quantitative estimate of drug-likeness (QED) is 0.0207. The minimum Gasteiger partial charge on any atom is -0.497 e. The highest BCUT2D eigenvalue weighted by Crippen LogP contribution is 2.25. The average Bonchev–Trinajstić information content (AvgIpc) is 0.849. The van der Waals surface area contributed by atoms with E-state index in [2.05, 4.69) is 164 Å². The molecule has 0 spiro atoms. The van der Waals surface area contributed by atoms with Gasteiger partial charge in [-0.25, -0.2) is 0 Å². The van der Waals surface area contributed by atoms with Crippen molar-refractivity contribution in [2.45, 2.75) is 20.8 Å². The zero-order valence-corrected chi connectivity index (χ0v) is 78.7. The fourth-order valence-electron chi connectivity index (χ4n) is 11.9. The van der Waals surface area contributed by atoms with Gasteiger partial charge in [0.2, 0.25) is 89.2 Å². The Balaban J connectivity index is 0.000000153. The van der Waals surface area contributed by atoms with Crippen molar-refractivity contribution >= 4 is 153 Å². The van der Waals surface area contributed by atoms with Crippen LogP contribution in [-0.4, -0.2) is 175 Å². The summed E-state index contributed by atoms with van der Waals surface area (Å²) in [6, 6.07) is 93.8. The Morgan fingerprint density at radius 1 is 0.210 bits per heavy atom. The first-order chi connectivity index (χ1) is 69.5. The second-order valence-corrected chi connectivity index (χ2v) is 29.4. The summed E-state index contributed by atoms with van der Waals surface area (Å²) in [5.41, 5.74) is 15.8. The number of benzene rings is 11. The van der Waals surface area contributed by atoms with Crippen LogP contribution in [0.25, 0.3) is 0 Å². The molecule has 0 bridgehead atoms. The Hall–Kier alpha value is -20.3. The molecule has 0 atom stereocenters. The molecule has 0 aliphatic rings. The monoisotopic (exact) mass is 1920 g/mol. The molecule has 43 heteroatoms. The van der Waals surface area contributed by atoms with Gasteiger partial charge in [-0.1, -0.05) is 180 Å². The van der Waals surface area contributed by atoms with Gasteiger partial charge in [-0.05, 0) is 166 Å². The fraction of sp³-hybridized carbons (Fsp3) is 0.100. The van der Waals surface area contributed by atoms with E-state index in [0.717, 1.165) is 45.1 Å². The number of nitrogens with two attached hydrogens (primary N) is 1. The van der Waals surface area contributed by atoms with Crippen LogP contribution in [0.5, 0.6) is 23.8 Å². The first kappa shape index (κ1) is 102. The van der Waals surface area contributed by atoms with E-state index in [4.69, 9.17) is 24.7 Å². The summed E-state index contributed by atoms with van der Waals surface area (Å²) in [6.07, 6.45) is 0. The van der Waals surface area contributed by atoms with Gasteiger partial charge in [-0.3, -0.25) is 60.7 Å². The number of nitrogens with zero attached hydrogens (tertiary/aromatic N) is 18. The van der Waals surface area contributed by atoms with Gasteiger partial charge < -0.3 is 67.2 Å². The van der Waals surface area contributed by atoms with Gasteiger partial charge >= 0.3 is 18.0 Å². The number of hydrogen-bond donors (Lipinski definition) is 15. The molecule has 0 saturated carbocycles. The summed E-state index contributed by atoms with van der Waals surface area (Å²) in [5, 5.41) is 39.8. The van der Waals surface area contributed by atoms with Crippen LogP contribution in [-0.2, 0) is 0 Å². The zero-order valence-electron chi connectivity index (χ0n) is 78.7. The molecule has 6 amide bonds. The number of aryl methyl sites for hydroxylation is 3. The normalized spacial score (nSPS) is 10.1. The SMILES string of the molecule is CNc1nc(NC(=O)c2ccc(C)cc2)nc(Nc2ccccc2)n1.CNc1nc(NC(=O)c2cccc(C)c2)nc(Nc2ccccc2)n1.CNc1nc(NC(=O)c2ccccc2)nc(Nc2ccccc2)n1.COc1ccc(C(=O)Nc2nc(N)nc(OC)n2)cc1.COc1nc(NC(=O)c2cccc(C)c2)nc(Nc2ccccc2)n1.COc1nc(NC(=O)c2ccccc2)nc(Nc2ccccc2)n1. The zero-order chi connectivity index (χ0) is 101. The maximum atomic E-state index is 12.4. The van der Waals surface area contributed by atoms with Crippen LogP contribution in [0, 0.1) is 20.8 Å². The first-order valence-corrected chi connectivity index (χ1v) is 43.4. The number of methoxy groups -OCH3 is 4. The first-order valence-electron chi connectivity index (χ1n) is 43.4. The number of aromatic nitrogens is 18. The molecule has 143 heavy (non-hydrogen) atoms. The summed E-state index contributed by atoms with van der Waals surface area (Å²) in [4.78, 5) is 148. The summed E-state index contributed by atoms with van der Waals surface area (Å²) in [7, 11) is 10.9. The molecule has 11 aromatic carbocycles. The van der Waals surface area contributed by atoms with Crippen molar-refractivity contribution < 1.29 is 47.7 Å². The Kier molecular flexibility index (Phi) is 37.4. The molecular weight excluding hydrogens is 1820 g/mol. The van der Waals surface area contributed by atoms with E-state index in [1.165, 1.54) is 21.3 Å². The lowest BCUT2D eigenvalue weighted by molar-refractivity contribution is 0.101. The van der Waals surface area contributed by atoms with Crippen LogP contribution in [0.4, 0.5) is 118 Å². The second kappa shape index (κ2) is 52.5. The second-order valence-electron chi connectivity index (χ2n) is 29.4. The van der Waals surface area contributed by atoms with Gasteiger partial charge in [0.25, 0.3) is 35.4 Å². The van der Waals surface area contributed by atoms with Gasteiger partial charge in [0.05, 0.1) is 28.4 Å². The maximum Gasteiger partial charge on any atom is 0.322 e. The summed E-state index contributed by atoms with van der Waals surface area (Å²) in [6.45, 7) is 5.82. The lowest BCUT2D eigenvalue weighted by Crippen LogP contribution is -2.16. The van der Waals surface area contributed by atoms with Gasteiger partial charge in [0.1, 0.15) is 5.75 Å². The summed E-state index contributed by atoms with van der Waals surface area (Å²) < 4.78 is 20.0. The highest BCUT2D eigenvalue weighted by atomic mass is 16.5. The number of carbonyl (C=O) groups excluding carboxylic acids is 6. The number of hydrogen-bond acceptors (Lipinski definition) is 37. The molecular formula is C100H97N33O10. The third-order valence-electron chi connectivity index (χ3n) is 18.8. The highest BCUT2D eigenvalue weighted by Gasteiger charge is 2.20. The van der Waals surface area contributed by atoms with Crippen molar-refractivity contribution in [3.05, 3.63) is 359 Å². The average molecular weight is 1920 g/mol. The Bertz CT molecular complexity index is 6770. The summed E-state index contributed by atoms with van der Waals surface area (Å²) in [5.74, 6) is 2.17. The molecule has 0 unspecified atom stereocenters. The van der Waals surface area contributed by atoms with Crippen LogP contribution >= 0.6 is 0 Å². The molecule has 0 radical (unpaired) electrons. The van der Waals surface area contributed by atoms with E-state index in [9.17, 15) is 28.8 Å². The number of amides is 6. The smallest absolute Gasteiger partial charge is 0.322 e. The van der Waals surface area contributed by atoms with Crippen LogP contribution in [0.15, 0.2) is 309 Å². The predicted octanol–water partition coefficient (Wildman–Crippen LogP) is 16.1. The molecule has 17 rings (SSSR count). The standard InChI is InChI=1S/2C18H18N6O.C18H17N5O2.C17H16N6O.C17H15N5O2.C12H13N5O3/c1-12-7-6-8-13(11-12)15(25)21-18-23-16(19-2)22-17(24-18)20-14-9-4-3-5-10-14;1-12-8-10-13(11-9-12)15(25)21-18-23-16(19-2)22-17(24-18)20-14-6-4-3-5-7-14;1-12-7-6-8-13(11-12)15(24)20-17-21-16(22-18(23-17)25-2)19-14-9-4-3-5-10-14;1-18-15-21-16(19-13-10-6-3-7-11-13)23-17(22-15)20-14(24)12-8-4-2-5-9-12;1-24-17-21-15(18-13-10-6-3-7-11-13)20-16(22-17)19-14(23)12-8-4-2-5-9-12;1-19-8-5-3-7(4-6-8)9(18)14-11-15-10(13)16-12(17-11)20-2/h2*3-11H,1-2H3,(H3,19,20,21,22,23,24,25);3-11H,1-2H3,(H2,19,20,21,22,23,24);2-11H,1H3,(H3,18,19,20,21,22,23,24);2-11H,1H3,(H2,18,19,20,21,22,23);3-6H,1-2H3,(H3,13,14,15,16,17,18). The molecule has 16 N–H and O–H groups in total.